The van der Waals surface area contributed by atoms with E-state index in [0.717, 1.165) is 180 Å². The molecular weight excluding hydrogens is 985 g/mol. The summed E-state index contributed by atoms with van der Waals surface area (Å²) in [6.07, 6.45) is 96.7. The molecule has 0 aromatic heterocycles. The van der Waals surface area contributed by atoms with Crippen molar-refractivity contribution in [3.63, 3.8) is 0 Å². The average Bonchev–Trinajstić information content (AvgIpc) is 3.46. The van der Waals surface area contributed by atoms with E-state index in [1.807, 2.05) is 0 Å². The molecule has 0 fully saturated rings. The van der Waals surface area contributed by atoms with Gasteiger partial charge in [-0.2, -0.15) is 0 Å². The van der Waals surface area contributed by atoms with Gasteiger partial charge in [-0.3, -0.25) is 14.4 Å². The maximum absolute atomic E-state index is 12.9. The minimum absolute atomic E-state index is 0.101. The van der Waals surface area contributed by atoms with Crippen molar-refractivity contribution in [3.8, 4) is 0 Å². The van der Waals surface area contributed by atoms with E-state index in [9.17, 15) is 14.4 Å². The lowest BCUT2D eigenvalue weighted by Crippen LogP contribution is -2.30. The minimum atomic E-state index is -0.806. The minimum Gasteiger partial charge on any atom is -0.462 e. The predicted molar refractivity (Wildman–Crippen MR) is 348 cm³/mol. The lowest BCUT2D eigenvalue weighted by molar-refractivity contribution is -0.167. The average molecular weight is 1100 g/mol. The van der Waals surface area contributed by atoms with Crippen LogP contribution in [-0.4, -0.2) is 37.2 Å². The first kappa shape index (κ1) is 75.0. The highest BCUT2D eigenvalue weighted by Crippen LogP contribution is 2.14. The summed E-state index contributed by atoms with van der Waals surface area (Å²) in [6.45, 7) is 6.34. The van der Waals surface area contributed by atoms with E-state index in [4.69, 9.17) is 14.2 Å². The largest absolute Gasteiger partial charge is 0.462 e. The lowest BCUT2D eigenvalue weighted by Gasteiger charge is -2.18. The van der Waals surface area contributed by atoms with Crippen LogP contribution in [0.3, 0.4) is 0 Å². The van der Waals surface area contributed by atoms with Gasteiger partial charge in [0.15, 0.2) is 6.10 Å². The SMILES string of the molecule is CC/C=C\C/C=C\C/C=C\C/C=C\C/C=C\C/C=C\CCCCCCCCC(=O)OCC(COC(=O)CCCCCCC/C=C\C/C=C\CCCC)OC(=O)CCCCCCCCC/C=C\C/C=C\C/C=C\C/C=C\C/C=C\CC. The molecule has 0 aliphatic heterocycles. The van der Waals surface area contributed by atoms with Crippen molar-refractivity contribution in [1.82, 2.24) is 0 Å². The van der Waals surface area contributed by atoms with Crippen LogP contribution in [0.5, 0.6) is 0 Å². The molecule has 1 atom stereocenters. The molecule has 0 aromatic carbocycles. The fraction of sp³-hybridized carbons (Fsp3) is 0.608. The van der Waals surface area contributed by atoms with E-state index in [1.165, 1.54) is 51.4 Å². The second-order valence-corrected chi connectivity index (χ2v) is 20.9. The highest BCUT2D eigenvalue weighted by molar-refractivity contribution is 5.71. The molecule has 0 rings (SSSR count). The highest BCUT2D eigenvalue weighted by atomic mass is 16.6. The van der Waals surface area contributed by atoms with Crippen molar-refractivity contribution in [2.45, 2.75) is 277 Å². The Kier molecular flexibility index (Phi) is 62.4. The van der Waals surface area contributed by atoms with Crippen LogP contribution in [0.2, 0.25) is 0 Å². The summed E-state index contributed by atoms with van der Waals surface area (Å²) < 4.78 is 16.9. The van der Waals surface area contributed by atoms with Crippen LogP contribution in [0, 0.1) is 0 Å². The van der Waals surface area contributed by atoms with Crippen LogP contribution in [0.1, 0.15) is 271 Å². The Morgan fingerprint density at radius 3 is 0.762 bits per heavy atom. The van der Waals surface area contributed by atoms with Crippen LogP contribution in [0.4, 0.5) is 0 Å². The first-order valence-electron chi connectivity index (χ1n) is 32.5. The summed E-state index contributed by atoms with van der Waals surface area (Å²) in [5.41, 5.74) is 0. The Bertz CT molecular complexity index is 1790. The van der Waals surface area contributed by atoms with Gasteiger partial charge in [0.1, 0.15) is 13.2 Å². The topological polar surface area (TPSA) is 78.9 Å². The summed E-state index contributed by atoms with van der Waals surface area (Å²) in [7, 11) is 0. The van der Waals surface area contributed by atoms with Crippen LogP contribution in [0.15, 0.2) is 158 Å². The van der Waals surface area contributed by atoms with Crippen LogP contribution in [-0.2, 0) is 28.6 Å². The van der Waals surface area contributed by atoms with E-state index < -0.39 is 6.10 Å². The van der Waals surface area contributed by atoms with Gasteiger partial charge in [-0.05, 0) is 141 Å². The molecule has 0 spiro atoms. The number of rotatable bonds is 57. The Morgan fingerprint density at radius 1 is 0.263 bits per heavy atom. The molecule has 0 aromatic rings. The maximum atomic E-state index is 12.9. The summed E-state index contributed by atoms with van der Waals surface area (Å²) in [5, 5.41) is 0. The van der Waals surface area contributed by atoms with Gasteiger partial charge in [-0.1, -0.05) is 269 Å². The van der Waals surface area contributed by atoms with Gasteiger partial charge >= 0.3 is 17.9 Å². The Hall–Kier alpha value is -4.97. The Morgan fingerprint density at radius 2 is 0.487 bits per heavy atom. The summed E-state index contributed by atoms with van der Waals surface area (Å²) in [6, 6.07) is 0. The zero-order valence-electron chi connectivity index (χ0n) is 51.5. The van der Waals surface area contributed by atoms with Crippen LogP contribution < -0.4 is 0 Å². The number of esters is 3. The predicted octanol–water partition coefficient (Wildman–Crippen LogP) is 22.5. The maximum Gasteiger partial charge on any atom is 0.306 e. The van der Waals surface area contributed by atoms with Crippen LogP contribution >= 0.6 is 0 Å². The summed E-state index contributed by atoms with van der Waals surface area (Å²) in [4.78, 5) is 38.4. The quantitative estimate of drug-likeness (QED) is 0.0261. The molecule has 450 valence electrons. The van der Waals surface area contributed by atoms with Gasteiger partial charge in [0, 0.05) is 19.3 Å². The smallest absolute Gasteiger partial charge is 0.306 e. The van der Waals surface area contributed by atoms with Gasteiger partial charge in [0.05, 0.1) is 0 Å². The zero-order valence-corrected chi connectivity index (χ0v) is 51.5. The Labute approximate surface area is 492 Å². The first-order valence-corrected chi connectivity index (χ1v) is 32.5. The molecule has 0 N–H and O–H groups in total. The van der Waals surface area contributed by atoms with Crippen molar-refractivity contribution in [1.29, 1.82) is 0 Å². The van der Waals surface area contributed by atoms with E-state index >= 15 is 0 Å². The molecule has 0 bridgehead atoms. The standard InChI is InChI=1S/C74H118O6/c1-4-7-10-13-16-19-22-25-28-30-32-34-36-37-39-40-42-44-46-49-52-55-58-61-64-67-73(76)79-70-71(69-78-72(75)66-63-60-57-54-51-48-27-24-21-18-15-12-9-6-3)80-74(77)68-65-62-59-56-53-50-47-45-43-41-38-35-33-31-29-26-23-20-17-14-11-8-5-2/h7-8,10-11,15-20,24-29,32-35,37,39,41-44,71H,4-6,9,12-14,21-23,30-31,36,38,40,45-70H2,1-3H3/b10-7-,11-8-,18-15-,19-16-,20-17-,27-24-,28-25-,29-26-,34-32-,35-33-,39-37-,43-41-,44-42-. The molecular formula is C74H118O6. The number of hydrogen-bond acceptors (Lipinski definition) is 6. The number of hydrogen-bond donors (Lipinski definition) is 0. The van der Waals surface area contributed by atoms with Gasteiger partial charge in [0.25, 0.3) is 0 Å². The normalized spacial score (nSPS) is 13.2. The molecule has 6 heteroatoms. The molecule has 80 heavy (non-hydrogen) atoms. The van der Waals surface area contributed by atoms with Crippen molar-refractivity contribution >= 4 is 17.9 Å². The van der Waals surface area contributed by atoms with Gasteiger partial charge in [-0.25, -0.2) is 0 Å². The third-order valence-electron chi connectivity index (χ3n) is 13.2. The molecule has 0 saturated carbocycles. The van der Waals surface area contributed by atoms with E-state index in [0.29, 0.717) is 19.3 Å². The van der Waals surface area contributed by atoms with E-state index in [-0.39, 0.29) is 31.1 Å². The second kappa shape index (κ2) is 66.5. The lowest BCUT2D eigenvalue weighted by atomic mass is 10.1. The van der Waals surface area contributed by atoms with E-state index in [1.54, 1.807) is 0 Å². The van der Waals surface area contributed by atoms with Crippen molar-refractivity contribution < 1.29 is 28.6 Å². The Balaban J connectivity index is 4.45. The second-order valence-electron chi connectivity index (χ2n) is 20.9. The molecule has 0 amide bonds. The number of ether oxygens (including phenoxy) is 3. The van der Waals surface area contributed by atoms with Gasteiger partial charge in [0.2, 0.25) is 0 Å². The zero-order chi connectivity index (χ0) is 57.8. The van der Waals surface area contributed by atoms with Crippen molar-refractivity contribution in [2.24, 2.45) is 0 Å². The third kappa shape index (κ3) is 63.9. The van der Waals surface area contributed by atoms with Crippen molar-refractivity contribution in [3.05, 3.63) is 158 Å². The van der Waals surface area contributed by atoms with E-state index in [2.05, 4.69) is 179 Å². The molecule has 6 nitrogen and oxygen atoms in total. The van der Waals surface area contributed by atoms with Gasteiger partial charge < -0.3 is 14.2 Å². The number of unbranched alkanes of at least 4 members (excludes halogenated alkanes) is 20. The summed E-state index contributed by atoms with van der Waals surface area (Å²) >= 11 is 0. The monoisotopic (exact) mass is 1100 g/mol. The molecule has 0 heterocycles. The summed E-state index contributed by atoms with van der Waals surface area (Å²) in [5.74, 6) is -0.941. The number of carbonyl (C=O) groups excluding carboxylic acids is 3. The number of allylic oxidation sites excluding steroid dienone is 26. The molecule has 1 unspecified atom stereocenters. The van der Waals surface area contributed by atoms with Crippen molar-refractivity contribution in [2.75, 3.05) is 13.2 Å². The molecule has 0 aliphatic carbocycles. The molecule has 0 saturated heterocycles. The third-order valence-corrected chi connectivity index (χ3v) is 13.2. The number of carbonyl (C=O) groups is 3. The van der Waals surface area contributed by atoms with Gasteiger partial charge in [-0.15, -0.1) is 0 Å². The van der Waals surface area contributed by atoms with Crippen LogP contribution in [0.25, 0.3) is 0 Å². The highest BCUT2D eigenvalue weighted by Gasteiger charge is 2.19. The molecule has 0 aliphatic rings. The fourth-order valence-corrected chi connectivity index (χ4v) is 8.43. The molecule has 0 radical (unpaired) electrons. The fourth-order valence-electron chi connectivity index (χ4n) is 8.43. The first-order chi connectivity index (χ1) is 39.5.